The Kier molecular flexibility index (Phi) is 3.98. The molecule has 0 aliphatic rings. The first-order valence-corrected chi connectivity index (χ1v) is 7.15. The quantitative estimate of drug-likeness (QED) is 0.567. The summed E-state index contributed by atoms with van der Waals surface area (Å²) >= 11 is 0. The number of rotatable bonds is 6. The molecule has 0 amide bonds. The van der Waals surface area contributed by atoms with Crippen LogP contribution in [0.25, 0.3) is 0 Å². The van der Waals surface area contributed by atoms with E-state index in [2.05, 4.69) is 24.9 Å². The summed E-state index contributed by atoms with van der Waals surface area (Å²) in [5.74, 6) is 0.697. The van der Waals surface area contributed by atoms with Gasteiger partial charge in [0.05, 0.1) is 6.61 Å². The molecule has 0 atom stereocenters. The van der Waals surface area contributed by atoms with E-state index in [1.807, 2.05) is 0 Å². The number of nitrogens with zero attached hydrogens (tertiary/aromatic N) is 2. The Labute approximate surface area is 110 Å². The van der Waals surface area contributed by atoms with Gasteiger partial charge in [-0.15, -0.1) is 0 Å². The molecule has 0 spiro atoms. The van der Waals surface area contributed by atoms with Crippen molar-refractivity contribution in [2.24, 2.45) is 0 Å². The molecular weight excluding hydrogens is 270 g/mol. The van der Waals surface area contributed by atoms with E-state index in [1.165, 1.54) is 0 Å². The molecule has 0 aliphatic heterocycles. The van der Waals surface area contributed by atoms with E-state index in [4.69, 9.17) is 5.11 Å². The third-order valence-electron chi connectivity index (χ3n) is 2.66. The number of aryl methyl sites for hydroxylation is 1. The molecule has 2 aromatic heterocycles. The zero-order valence-corrected chi connectivity index (χ0v) is 11.2. The molecule has 8 nitrogen and oxygen atoms in total. The van der Waals surface area contributed by atoms with Gasteiger partial charge in [0.1, 0.15) is 5.82 Å². The van der Waals surface area contributed by atoms with Gasteiger partial charge in [0, 0.05) is 36.6 Å². The predicted molar refractivity (Wildman–Crippen MR) is 66.7 cm³/mol. The summed E-state index contributed by atoms with van der Waals surface area (Å²) in [4.78, 5) is 6.88. The van der Waals surface area contributed by atoms with Crippen molar-refractivity contribution in [1.29, 1.82) is 0 Å². The number of nitrogens with one attached hydrogen (secondary N) is 3. The van der Waals surface area contributed by atoms with E-state index in [0.717, 1.165) is 0 Å². The Balaban J connectivity index is 2.05. The second-order valence-corrected chi connectivity index (χ2v) is 5.66. The highest BCUT2D eigenvalue weighted by Crippen LogP contribution is 2.15. The highest BCUT2D eigenvalue weighted by atomic mass is 32.2. The Hall–Kier alpha value is -1.71. The fourth-order valence-electron chi connectivity index (χ4n) is 1.65. The molecule has 0 saturated carbocycles. The van der Waals surface area contributed by atoms with E-state index in [1.54, 1.807) is 19.3 Å². The number of H-pyrrole nitrogens is 2. The molecule has 9 heteroatoms. The number of aromatic amines is 2. The number of aliphatic hydroxyl groups excluding tert-OH is 1. The topological polar surface area (TPSA) is 124 Å². The Morgan fingerprint density at radius 3 is 2.89 bits per heavy atom. The number of hydrogen-bond donors (Lipinski definition) is 4. The lowest BCUT2D eigenvalue weighted by molar-refractivity contribution is 0.277. The Bertz CT molecular complexity index is 632. The van der Waals surface area contributed by atoms with Crippen LogP contribution in [0.2, 0.25) is 0 Å². The summed E-state index contributed by atoms with van der Waals surface area (Å²) in [6.07, 6.45) is 3.72. The maximum Gasteiger partial charge on any atom is 0.260 e. The third-order valence-corrected chi connectivity index (χ3v) is 4.09. The normalized spacial score (nSPS) is 11.9. The fourth-order valence-corrected chi connectivity index (χ4v) is 2.86. The van der Waals surface area contributed by atoms with Crippen molar-refractivity contribution < 1.29 is 13.5 Å². The average Bonchev–Trinajstić information content (AvgIpc) is 2.98. The van der Waals surface area contributed by atoms with Gasteiger partial charge in [-0.05, 0) is 6.92 Å². The zero-order valence-electron chi connectivity index (χ0n) is 10.3. The first-order chi connectivity index (χ1) is 9.04. The first kappa shape index (κ1) is 13.7. The summed E-state index contributed by atoms with van der Waals surface area (Å²) in [5, 5.41) is 15.3. The van der Waals surface area contributed by atoms with E-state index in [-0.39, 0.29) is 23.7 Å². The lowest BCUT2D eigenvalue weighted by Gasteiger charge is -2.04. The van der Waals surface area contributed by atoms with Gasteiger partial charge in [-0.1, -0.05) is 0 Å². The molecule has 0 unspecified atom stereocenters. The fraction of sp³-hybridized carbons (Fsp3) is 0.400. The summed E-state index contributed by atoms with van der Waals surface area (Å²) in [6, 6.07) is 0. The molecule has 104 valence electrons. The summed E-state index contributed by atoms with van der Waals surface area (Å²) in [5.41, 5.74) is 0.819. The van der Waals surface area contributed by atoms with Crippen LogP contribution in [-0.2, 0) is 23.1 Å². The standard InChI is InChI=1S/C10H15N5O3S/c1-7-8(6-16)10(15-14-7)19(17,18)13-3-2-9-11-4-5-12-9/h4-5,13,16H,2-3,6H2,1H3,(H,11,12)(H,14,15). The molecule has 0 radical (unpaired) electrons. The average molecular weight is 285 g/mol. The number of aliphatic hydroxyl groups is 1. The van der Waals surface area contributed by atoms with Crippen molar-refractivity contribution in [2.75, 3.05) is 6.54 Å². The highest BCUT2D eigenvalue weighted by molar-refractivity contribution is 7.89. The number of imidazole rings is 1. The van der Waals surface area contributed by atoms with Gasteiger partial charge in [-0.2, -0.15) is 5.10 Å². The lowest BCUT2D eigenvalue weighted by atomic mass is 10.3. The number of aromatic nitrogens is 4. The van der Waals surface area contributed by atoms with Gasteiger partial charge in [0.2, 0.25) is 0 Å². The molecule has 2 heterocycles. The molecule has 4 N–H and O–H groups in total. The van der Waals surface area contributed by atoms with E-state index in [9.17, 15) is 8.42 Å². The van der Waals surface area contributed by atoms with Gasteiger partial charge < -0.3 is 10.1 Å². The van der Waals surface area contributed by atoms with Crippen LogP contribution in [0.1, 0.15) is 17.1 Å². The SMILES string of the molecule is Cc1[nH]nc(S(=O)(=O)NCCc2ncc[nH]2)c1CO. The summed E-state index contributed by atoms with van der Waals surface area (Å²) in [7, 11) is -3.73. The number of sulfonamides is 1. The van der Waals surface area contributed by atoms with Crippen LogP contribution in [-0.4, -0.2) is 40.2 Å². The van der Waals surface area contributed by atoms with Crippen molar-refractivity contribution in [3.63, 3.8) is 0 Å². The van der Waals surface area contributed by atoms with Gasteiger partial charge >= 0.3 is 0 Å². The largest absolute Gasteiger partial charge is 0.392 e. The minimum atomic E-state index is -3.73. The van der Waals surface area contributed by atoms with E-state index in [0.29, 0.717) is 17.9 Å². The van der Waals surface area contributed by atoms with Crippen molar-refractivity contribution in [3.8, 4) is 0 Å². The molecule has 0 aromatic carbocycles. The Morgan fingerprint density at radius 2 is 2.26 bits per heavy atom. The van der Waals surface area contributed by atoms with Crippen LogP contribution in [0.4, 0.5) is 0 Å². The highest BCUT2D eigenvalue weighted by Gasteiger charge is 2.22. The maximum absolute atomic E-state index is 12.0. The van der Waals surface area contributed by atoms with Crippen LogP contribution in [0.15, 0.2) is 17.4 Å². The van der Waals surface area contributed by atoms with Gasteiger partial charge in [-0.3, -0.25) is 5.10 Å². The van der Waals surface area contributed by atoms with Crippen LogP contribution >= 0.6 is 0 Å². The van der Waals surface area contributed by atoms with Crippen molar-refractivity contribution in [1.82, 2.24) is 24.9 Å². The smallest absolute Gasteiger partial charge is 0.260 e. The van der Waals surface area contributed by atoms with Crippen LogP contribution in [0, 0.1) is 6.92 Å². The Morgan fingerprint density at radius 1 is 1.47 bits per heavy atom. The second-order valence-electron chi connectivity index (χ2n) is 3.97. The number of hydrogen-bond acceptors (Lipinski definition) is 5. The minimum Gasteiger partial charge on any atom is -0.392 e. The van der Waals surface area contributed by atoms with Gasteiger partial charge in [-0.25, -0.2) is 18.1 Å². The van der Waals surface area contributed by atoms with Crippen molar-refractivity contribution in [3.05, 3.63) is 29.5 Å². The van der Waals surface area contributed by atoms with Crippen molar-refractivity contribution >= 4 is 10.0 Å². The maximum atomic E-state index is 12.0. The third kappa shape index (κ3) is 3.00. The van der Waals surface area contributed by atoms with Crippen LogP contribution in [0.3, 0.4) is 0 Å². The molecule has 2 rings (SSSR count). The van der Waals surface area contributed by atoms with E-state index >= 15 is 0 Å². The molecule has 0 saturated heterocycles. The molecule has 0 fully saturated rings. The van der Waals surface area contributed by atoms with Crippen LogP contribution in [0.5, 0.6) is 0 Å². The summed E-state index contributed by atoms with van der Waals surface area (Å²) < 4.78 is 26.5. The lowest BCUT2D eigenvalue weighted by Crippen LogP contribution is -2.27. The van der Waals surface area contributed by atoms with Crippen molar-refractivity contribution in [2.45, 2.75) is 25.0 Å². The first-order valence-electron chi connectivity index (χ1n) is 5.67. The molecular formula is C10H15N5O3S. The van der Waals surface area contributed by atoms with Gasteiger partial charge in [0.25, 0.3) is 10.0 Å². The second kappa shape index (κ2) is 5.51. The molecule has 0 bridgehead atoms. The monoisotopic (exact) mass is 285 g/mol. The van der Waals surface area contributed by atoms with E-state index < -0.39 is 10.0 Å². The predicted octanol–water partition coefficient (Wildman–Crippen LogP) is -0.545. The van der Waals surface area contributed by atoms with Crippen LogP contribution < -0.4 is 4.72 Å². The summed E-state index contributed by atoms with van der Waals surface area (Å²) in [6.45, 7) is 1.48. The zero-order chi connectivity index (χ0) is 13.9. The molecule has 0 aliphatic carbocycles. The molecule has 19 heavy (non-hydrogen) atoms. The minimum absolute atomic E-state index is 0.160. The van der Waals surface area contributed by atoms with Gasteiger partial charge in [0.15, 0.2) is 5.03 Å². The molecule has 2 aromatic rings.